The van der Waals surface area contributed by atoms with E-state index in [0.717, 1.165) is 12.0 Å². The van der Waals surface area contributed by atoms with Crippen molar-refractivity contribution in [3.8, 4) is 0 Å². The van der Waals surface area contributed by atoms with Gasteiger partial charge in [0.15, 0.2) is 0 Å². The third-order valence-corrected chi connectivity index (χ3v) is 4.64. The molecule has 0 aliphatic carbocycles. The predicted molar refractivity (Wildman–Crippen MR) is 82.4 cm³/mol. The van der Waals surface area contributed by atoms with E-state index in [1.54, 1.807) is 11.8 Å². The second kappa shape index (κ2) is 7.15. The van der Waals surface area contributed by atoms with E-state index in [-0.39, 0.29) is 11.2 Å². The first-order valence-corrected chi connectivity index (χ1v) is 7.52. The van der Waals surface area contributed by atoms with Crippen LogP contribution in [0.25, 0.3) is 0 Å². The van der Waals surface area contributed by atoms with E-state index < -0.39 is 0 Å². The minimum absolute atomic E-state index is 0.00241. The number of carbonyl (C=O) groups excluding carboxylic acids is 1. The third kappa shape index (κ3) is 3.97. The number of rotatable bonds is 6. The fourth-order valence-corrected chi connectivity index (χ4v) is 3.12. The summed E-state index contributed by atoms with van der Waals surface area (Å²) in [7, 11) is 0. The Morgan fingerprint density at radius 2 is 1.58 bits per heavy atom. The molecule has 19 heavy (non-hydrogen) atoms. The van der Waals surface area contributed by atoms with Gasteiger partial charge in [0.05, 0.1) is 5.25 Å². The molecular weight excluding hydrogens is 252 g/mol. The average Bonchev–Trinajstić information content (AvgIpc) is 2.49. The van der Waals surface area contributed by atoms with Crippen LogP contribution in [0.2, 0.25) is 0 Å². The smallest absolute Gasteiger partial charge is 0.133 e. The van der Waals surface area contributed by atoms with Crippen molar-refractivity contribution < 1.29 is 4.79 Å². The molecule has 2 aromatic rings. The minimum Gasteiger partial charge on any atom is -0.302 e. The van der Waals surface area contributed by atoms with Crippen molar-refractivity contribution in [2.75, 3.05) is 0 Å². The van der Waals surface area contributed by atoms with Gasteiger partial charge in [0.1, 0.15) is 6.29 Å². The van der Waals surface area contributed by atoms with E-state index in [2.05, 4.69) is 31.2 Å². The molecule has 2 heteroatoms. The van der Waals surface area contributed by atoms with Gasteiger partial charge in [-0.25, -0.2) is 0 Å². The van der Waals surface area contributed by atoms with Gasteiger partial charge < -0.3 is 4.79 Å². The van der Waals surface area contributed by atoms with Gasteiger partial charge in [-0.05, 0) is 17.0 Å². The molecule has 1 nitrogen and oxygen atoms in total. The van der Waals surface area contributed by atoms with E-state index in [1.165, 1.54) is 11.1 Å². The molecule has 0 saturated heterocycles. The Kier molecular flexibility index (Phi) is 5.22. The van der Waals surface area contributed by atoms with Crippen LogP contribution in [0.15, 0.2) is 60.7 Å². The summed E-state index contributed by atoms with van der Waals surface area (Å²) in [5.74, 6) is 1.12. The molecule has 0 bridgehead atoms. The van der Waals surface area contributed by atoms with Crippen LogP contribution < -0.4 is 0 Å². The number of carbonyl (C=O) groups is 1. The zero-order valence-corrected chi connectivity index (χ0v) is 11.8. The zero-order chi connectivity index (χ0) is 13.5. The molecule has 2 atom stereocenters. The van der Waals surface area contributed by atoms with Crippen molar-refractivity contribution in [2.45, 2.75) is 23.8 Å². The summed E-state index contributed by atoms with van der Waals surface area (Å²) < 4.78 is 0. The first kappa shape index (κ1) is 13.9. The van der Waals surface area contributed by atoms with Gasteiger partial charge in [-0.3, -0.25) is 0 Å². The molecule has 2 aromatic carbocycles. The molecular formula is C17H18OS. The van der Waals surface area contributed by atoms with E-state index >= 15 is 0 Å². The van der Waals surface area contributed by atoms with Crippen LogP contribution in [-0.4, -0.2) is 11.5 Å². The molecule has 0 aliphatic rings. The van der Waals surface area contributed by atoms with Crippen LogP contribution in [-0.2, 0) is 10.5 Å². The van der Waals surface area contributed by atoms with E-state index in [9.17, 15) is 4.79 Å². The number of benzene rings is 2. The largest absolute Gasteiger partial charge is 0.302 e. The summed E-state index contributed by atoms with van der Waals surface area (Å²) in [6.07, 6.45) is 1.07. The molecule has 0 radical (unpaired) electrons. The second-order valence-electron chi connectivity index (χ2n) is 4.60. The molecule has 0 fully saturated rings. The highest BCUT2D eigenvalue weighted by Crippen LogP contribution is 2.29. The third-order valence-electron chi connectivity index (χ3n) is 3.24. The molecule has 0 aromatic heterocycles. The maximum Gasteiger partial charge on any atom is 0.133 e. The van der Waals surface area contributed by atoms with Crippen LogP contribution in [0.4, 0.5) is 0 Å². The summed E-state index contributed by atoms with van der Waals surface area (Å²) in [5.41, 5.74) is 2.49. The number of aldehydes is 1. The normalized spacial score (nSPS) is 13.7. The summed E-state index contributed by atoms with van der Waals surface area (Å²) in [6.45, 7) is 2.12. The highest BCUT2D eigenvalue weighted by atomic mass is 32.2. The van der Waals surface area contributed by atoms with Gasteiger partial charge in [-0.15, -0.1) is 11.8 Å². The Hall–Kier alpha value is -1.54. The Balaban J connectivity index is 1.99. The number of hydrogen-bond acceptors (Lipinski definition) is 2. The standard InChI is InChI=1S/C17H18OS/c1-14(16-10-6-3-7-11-16)17(12-18)19-13-15-8-4-2-5-9-15/h2-12,14,17H,13H2,1H3. The molecule has 0 heterocycles. The SMILES string of the molecule is CC(c1ccccc1)C(C=O)SCc1ccccc1. The summed E-state index contributed by atoms with van der Waals surface area (Å²) in [6, 6.07) is 20.5. The quantitative estimate of drug-likeness (QED) is 0.728. The maximum atomic E-state index is 11.3. The fourth-order valence-electron chi connectivity index (χ4n) is 2.01. The van der Waals surface area contributed by atoms with E-state index in [4.69, 9.17) is 0 Å². The molecule has 98 valence electrons. The Morgan fingerprint density at radius 3 is 2.16 bits per heavy atom. The lowest BCUT2D eigenvalue weighted by molar-refractivity contribution is -0.107. The van der Waals surface area contributed by atoms with Crippen LogP contribution in [0.1, 0.15) is 24.0 Å². The van der Waals surface area contributed by atoms with Crippen molar-refractivity contribution in [2.24, 2.45) is 0 Å². The molecule has 0 saturated carbocycles. The first-order chi connectivity index (χ1) is 9.31. The topological polar surface area (TPSA) is 17.1 Å². The average molecular weight is 270 g/mol. The lowest BCUT2D eigenvalue weighted by Crippen LogP contribution is -2.14. The van der Waals surface area contributed by atoms with Crippen molar-refractivity contribution in [1.82, 2.24) is 0 Å². The summed E-state index contributed by atoms with van der Waals surface area (Å²) in [5, 5.41) is 0.00241. The predicted octanol–water partition coefficient (Wildman–Crippen LogP) is 4.29. The molecule has 0 N–H and O–H groups in total. The fraction of sp³-hybridized carbons (Fsp3) is 0.235. The molecule has 2 rings (SSSR count). The second-order valence-corrected chi connectivity index (χ2v) is 5.76. The van der Waals surface area contributed by atoms with E-state index in [0.29, 0.717) is 0 Å². The van der Waals surface area contributed by atoms with Gasteiger partial charge in [-0.1, -0.05) is 67.6 Å². The van der Waals surface area contributed by atoms with Crippen LogP contribution in [0, 0.1) is 0 Å². The Bertz CT molecular complexity index is 495. The highest BCUT2D eigenvalue weighted by Gasteiger charge is 2.18. The van der Waals surface area contributed by atoms with Crippen molar-refractivity contribution in [3.63, 3.8) is 0 Å². The van der Waals surface area contributed by atoms with Gasteiger partial charge in [0.25, 0.3) is 0 Å². The summed E-state index contributed by atoms with van der Waals surface area (Å²) in [4.78, 5) is 11.3. The van der Waals surface area contributed by atoms with Crippen molar-refractivity contribution in [3.05, 3.63) is 71.8 Å². The minimum atomic E-state index is 0.00241. The summed E-state index contributed by atoms with van der Waals surface area (Å²) >= 11 is 1.71. The maximum absolute atomic E-state index is 11.3. The molecule has 0 amide bonds. The first-order valence-electron chi connectivity index (χ1n) is 6.47. The highest BCUT2D eigenvalue weighted by molar-refractivity contribution is 7.99. The van der Waals surface area contributed by atoms with Crippen molar-refractivity contribution in [1.29, 1.82) is 0 Å². The Morgan fingerprint density at radius 1 is 1.00 bits per heavy atom. The zero-order valence-electron chi connectivity index (χ0n) is 11.0. The molecule has 2 unspecified atom stereocenters. The lowest BCUT2D eigenvalue weighted by atomic mass is 9.98. The molecule has 0 aliphatic heterocycles. The van der Waals surface area contributed by atoms with Gasteiger partial charge in [-0.2, -0.15) is 0 Å². The van der Waals surface area contributed by atoms with Gasteiger partial charge >= 0.3 is 0 Å². The van der Waals surface area contributed by atoms with Gasteiger partial charge in [0, 0.05) is 5.75 Å². The number of thioether (sulfide) groups is 1. The lowest BCUT2D eigenvalue weighted by Gasteiger charge is -2.18. The van der Waals surface area contributed by atoms with Crippen molar-refractivity contribution >= 4 is 18.0 Å². The van der Waals surface area contributed by atoms with Crippen LogP contribution in [0.5, 0.6) is 0 Å². The van der Waals surface area contributed by atoms with E-state index in [1.807, 2.05) is 36.4 Å². The molecule has 0 spiro atoms. The monoisotopic (exact) mass is 270 g/mol. The van der Waals surface area contributed by atoms with Crippen LogP contribution in [0.3, 0.4) is 0 Å². The number of hydrogen-bond donors (Lipinski definition) is 0. The van der Waals surface area contributed by atoms with Crippen LogP contribution >= 0.6 is 11.8 Å². The van der Waals surface area contributed by atoms with Gasteiger partial charge in [0.2, 0.25) is 0 Å². The Labute approximate surface area is 119 Å².